The Balaban J connectivity index is 2.83. The summed E-state index contributed by atoms with van der Waals surface area (Å²) in [5.74, 6) is -0.342. The molecule has 0 heterocycles. The van der Waals surface area contributed by atoms with E-state index in [1.54, 1.807) is 6.07 Å². The number of hydrogen-bond acceptors (Lipinski definition) is 2. The highest BCUT2D eigenvalue weighted by molar-refractivity contribution is 9.10. The van der Waals surface area contributed by atoms with Gasteiger partial charge >= 0.3 is 5.97 Å². The summed E-state index contributed by atoms with van der Waals surface area (Å²) >= 11 is 3.25. The molecule has 1 aromatic carbocycles. The SMILES string of the molecule is C=C(C)COc1ccc(C(=O)O)cc1Br. The third-order valence-corrected chi connectivity index (χ3v) is 2.27. The Bertz CT molecular complexity index is 399. The van der Waals surface area contributed by atoms with Crippen LogP contribution in [0.5, 0.6) is 5.75 Å². The van der Waals surface area contributed by atoms with Crippen molar-refractivity contribution in [3.63, 3.8) is 0 Å². The average Bonchev–Trinajstić information content (AvgIpc) is 2.15. The number of rotatable bonds is 4. The van der Waals surface area contributed by atoms with Crippen LogP contribution in [-0.4, -0.2) is 17.7 Å². The minimum Gasteiger partial charge on any atom is -0.488 e. The van der Waals surface area contributed by atoms with Gasteiger partial charge < -0.3 is 9.84 Å². The van der Waals surface area contributed by atoms with Gasteiger partial charge in [0.1, 0.15) is 12.4 Å². The molecule has 1 aromatic rings. The molecule has 0 bridgehead atoms. The minimum absolute atomic E-state index is 0.226. The molecule has 80 valence electrons. The molecule has 0 aromatic heterocycles. The monoisotopic (exact) mass is 270 g/mol. The summed E-state index contributed by atoms with van der Waals surface area (Å²) < 4.78 is 6.02. The fourth-order valence-electron chi connectivity index (χ4n) is 0.952. The van der Waals surface area contributed by atoms with Gasteiger partial charge in [0.2, 0.25) is 0 Å². The van der Waals surface area contributed by atoms with Crippen molar-refractivity contribution in [2.75, 3.05) is 6.61 Å². The number of ether oxygens (including phenoxy) is 1. The number of carbonyl (C=O) groups is 1. The molecule has 0 unspecified atom stereocenters. The molecular formula is C11H11BrO3. The van der Waals surface area contributed by atoms with Gasteiger partial charge in [-0.1, -0.05) is 6.58 Å². The molecule has 0 amide bonds. The minimum atomic E-state index is -0.956. The molecular weight excluding hydrogens is 260 g/mol. The first-order valence-electron chi connectivity index (χ1n) is 4.30. The Morgan fingerprint density at radius 2 is 2.27 bits per heavy atom. The summed E-state index contributed by atoms with van der Waals surface area (Å²) in [6, 6.07) is 4.63. The average molecular weight is 271 g/mol. The topological polar surface area (TPSA) is 46.5 Å². The van der Waals surface area contributed by atoms with E-state index in [0.29, 0.717) is 16.8 Å². The smallest absolute Gasteiger partial charge is 0.335 e. The molecule has 0 radical (unpaired) electrons. The molecule has 0 aliphatic carbocycles. The Labute approximate surface area is 96.5 Å². The molecule has 1 rings (SSSR count). The van der Waals surface area contributed by atoms with Crippen molar-refractivity contribution in [1.82, 2.24) is 0 Å². The first kappa shape index (κ1) is 11.8. The number of aromatic carboxylic acids is 1. The molecule has 0 aliphatic heterocycles. The van der Waals surface area contributed by atoms with Gasteiger partial charge in [-0.2, -0.15) is 0 Å². The summed E-state index contributed by atoms with van der Waals surface area (Å²) in [5.41, 5.74) is 1.13. The molecule has 15 heavy (non-hydrogen) atoms. The molecule has 0 saturated carbocycles. The van der Waals surface area contributed by atoms with Crippen LogP contribution in [0.2, 0.25) is 0 Å². The van der Waals surface area contributed by atoms with Gasteiger partial charge in [0.05, 0.1) is 10.0 Å². The lowest BCUT2D eigenvalue weighted by atomic mass is 10.2. The molecule has 3 nitrogen and oxygen atoms in total. The zero-order valence-electron chi connectivity index (χ0n) is 8.29. The van der Waals surface area contributed by atoms with Crippen molar-refractivity contribution in [3.8, 4) is 5.75 Å². The van der Waals surface area contributed by atoms with E-state index in [4.69, 9.17) is 9.84 Å². The quantitative estimate of drug-likeness (QED) is 0.856. The van der Waals surface area contributed by atoms with E-state index in [1.807, 2.05) is 6.92 Å². The van der Waals surface area contributed by atoms with Crippen LogP contribution in [0.3, 0.4) is 0 Å². The highest BCUT2D eigenvalue weighted by atomic mass is 79.9. The number of benzene rings is 1. The van der Waals surface area contributed by atoms with Crippen molar-refractivity contribution in [2.24, 2.45) is 0 Å². The van der Waals surface area contributed by atoms with E-state index >= 15 is 0 Å². The number of hydrogen-bond donors (Lipinski definition) is 1. The highest BCUT2D eigenvalue weighted by Gasteiger charge is 2.07. The second-order valence-corrected chi connectivity index (χ2v) is 4.05. The predicted octanol–water partition coefficient (Wildman–Crippen LogP) is 3.10. The van der Waals surface area contributed by atoms with Gasteiger partial charge in [0.15, 0.2) is 0 Å². The Morgan fingerprint density at radius 3 is 2.73 bits per heavy atom. The molecule has 4 heteroatoms. The maximum atomic E-state index is 10.7. The van der Waals surface area contributed by atoms with Crippen LogP contribution in [0.25, 0.3) is 0 Å². The van der Waals surface area contributed by atoms with Crippen molar-refractivity contribution in [2.45, 2.75) is 6.92 Å². The van der Waals surface area contributed by atoms with Crippen LogP contribution < -0.4 is 4.74 Å². The lowest BCUT2D eigenvalue weighted by molar-refractivity contribution is 0.0697. The highest BCUT2D eigenvalue weighted by Crippen LogP contribution is 2.26. The van der Waals surface area contributed by atoms with E-state index in [0.717, 1.165) is 5.57 Å². The largest absolute Gasteiger partial charge is 0.488 e. The Hall–Kier alpha value is -1.29. The molecule has 0 atom stereocenters. The first-order chi connectivity index (χ1) is 7.00. The van der Waals surface area contributed by atoms with Gasteiger partial charge in [-0.15, -0.1) is 0 Å². The maximum absolute atomic E-state index is 10.7. The summed E-state index contributed by atoms with van der Waals surface area (Å²) in [6.45, 7) is 5.99. The number of carboxylic acids is 1. The second-order valence-electron chi connectivity index (χ2n) is 3.20. The number of carboxylic acid groups (broad SMARTS) is 1. The zero-order valence-corrected chi connectivity index (χ0v) is 9.87. The molecule has 0 spiro atoms. The van der Waals surface area contributed by atoms with E-state index < -0.39 is 5.97 Å². The van der Waals surface area contributed by atoms with Crippen LogP contribution in [-0.2, 0) is 0 Å². The molecule has 0 saturated heterocycles. The fourth-order valence-corrected chi connectivity index (χ4v) is 1.45. The standard InChI is InChI=1S/C11H11BrO3/c1-7(2)6-15-10-4-3-8(11(13)14)5-9(10)12/h3-5H,1,6H2,2H3,(H,13,14). The third kappa shape index (κ3) is 3.40. The van der Waals surface area contributed by atoms with Crippen LogP contribution in [0.15, 0.2) is 34.8 Å². The lowest BCUT2D eigenvalue weighted by Crippen LogP contribution is -2.00. The fraction of sp³-hybridized carbons (Fsp3) is 0.182. The zero-order chi connectivity index (χ0) is 11.4. The Kier molecular flexibility index (Phi) is 3.91. The summed E-state index contributed by atoms with van der Waals surface area (Å²) in [7, 11) is 0. The van der Waals surface area contributed by atoms with Gasteiger partial charge in [-0.05, 0) is 46.6 Å². The maximum Gasteiger partial charge on any atom is 0.335 e. The van der Waals surface area contributed by atoms with Gasteiger partial charge in [0, 0.05) is 0 Å². The third-order valence-electron chi connectivity index (χ3n) is 1.65. The van der Waals surface area contributed by atoms with Gasteiger partial charge in [-0.3, -0.25) is 0 Å². The lowest BCUT2D eigenvalue weighted by Gasteiger charge is -2.08. The van der Waals surface area contributed by atoms with E-state index in [1.165, 1.54) is 12.1 Å². The molecule has 0 aliphatic rings. The molecule has 0 fully saturated rings. The number of halogens is 1. The van der Waals surface area contributed by atoms with Gasteiger partial charge in [-0.25, -0.2) is 4.79 Å². The summed E-state index contributed by atoms with van der Waals surface area (Å²) in [5, 5.41) is 8.74. The Morgan fingerprint density at radius 1 is 1.60 bits per heavy atom. The van der Waals surface area contributed by atoms with Crippen LogP contribution in [0.4, 0.5) is 0 Å². The van der Waals surface area contributed by atoms with Crippen molar-refractivity contribution in [3.05, 3.63) is 40.4 Å². The molecule has 1 N–H and O–H groups in total. The van der Waals surface area contributed by atoms with Gasteiger partial charge in [0.25, 0.3) is 0 Å². The van der Waals surface area contributed by atoms with E-state index in [-0.39, 0.29) is 5.56 Å². The van der Waals surface area contributed by atoms with Crippen LogP contribution >= 0.6 is 15.9 Å². The van der Waals surface area contributed by atoms with Crippen molar-refractivity contribution >= 4 is 21.9 Å². The van der Waals surface area contributed by atoms with E-state index in [2.05, 4.69) is 22.5 Å². The second kappa shape index (κ2) is 4.98. The summed E-state index contributed by atoms with van der Waals surface area (Å²) in [6.07, 6.45) is 0. The summed E-state index contributed by atoms with van der Waals surface area (Å²) in [4.78, 5) is 10.7. The van der Waals surface area contributed by atoms with E-state index in [9.17, 15) is 4.79 Å². The van der Waals surface area contributed by atoms with Crippen molar-refractivity contribution in [1.29, 1.82) is 0 Å². The normalized spacial score (nSPS) is 9.73. The first-order valence-corrected chi connectivity index (χ1v) is 5.10. The van der Waals surface area contributed by atoms with Crippen molar-refractivity contribution < 1.29 is 14.6 Å². The van der Waals surface area contributed by atoms with Crippen LogP contribution in [0, 0.1) is 0 Å². The van der Waals surface area contributed by atoms with Crippen LogP contribution in [0.1, 0.15) is 17.3 Å². The predicted molar refractivity (Wildman–Crippen MR) is 61.4 cm³/mol.